The van der Waals surface area contributed by atoms with E-state index in [1.807, 2.05) is 12.1 Å². The second kappa shape index (κ2) is 8.36. The van der Waals surface area contributed by atoms with Crippen LogP contribution in [0.1, 0.15) is 60.8 Å². The topological polar surface area (TPSA) is 49.3 Å². The number of nitrogens with one attached hydrogen (secondary N) is 1. The highest BCUT2D eigenvalue weighted by atomic mass is 127. The third-order valence-corrected chi connectivity index (χ3v) is 8.84. The van der Waals surface area contributed by atoms with Crippen LogP contribution in [-0.2, 0) is 13.6 Å². The highest BCUT2D eigenvalue weighted by Crippen LogP contribution is 2.58. The van der Waals surface area contributed by atoms with Crippen LogP contribution in [0.5, 0.6) is 5.75 Å². The highest BCUT2D eigenvalue weighted by Gasteiger charge is 2.57. The zero-order valence-corrected chi connectivity index (χ0v) is 21.1. The molecule has 1 saturated heterocycles. The van der Waals surface area contributed by atoms with E-state index in [4.69, 9.17) is 0 Å². The normalized spacial score (nSPS) is 31.4. The van der Waals surface area contributed by atoms with Crippen LogP contribution in [0.15, 0.2) is 42.5 Å². The van der Waals surface area contributed by atoms with Crippen LogP contribution >= 0.6 is 45.2 Å². The van der Waals surface area contributed by atoms with E-state index in [-0.39, 0.29) is 29.2 Å². The number of fused-ring (bicyclic) bond motifs is 1. The molecule has 1 saturated carbocycles. The zero-order valence-electron chi connectivity index (χ0n) is 16.8. The van der Waals surface area contributed by atoms with Gasteiger partial charge >= 0.3 is 0 Å². The molecular weight excluding hydrogens is 588 g/mol. The molecule has 2 aliphatic rings. The molecule has 1 amide bonds. The van der Waals surface area contributed by atoms with Gasteiger partial charge in [-0.05, 0) is 66.0 Å². The molecule has 2 N–H and O–H groups in total. The van der Waals surface area contributed by atoms with Gasteiger partial charge in [0.15, 0.2) is 0 Å². The van der Waals surface area contributed by atoms with Gasteiger partial charge in [0, 0.05) is 20.8 Å². The van der Waals surface area contributed by atoms with E-state index in [0.29, 0.717) is 11.7 Å². The highest BCUT2D eigenvalue weighted by molar-refractivity contribution is 14.1. The third kappa shape index (κ3) is 3.70. The fraction of sp³-hybridized carbons (Fsp3) is 0.458. The predicted molar refractivity (Wildman–Crippen MR) is 134 cm³/mol. The fourth-order valence-corrected chi connectivity index (χ4v) is 6.89. The van der Waals surface area contributed by atoms with Gasteiger partial charge in [0.2, 0.25) is 5.91 Å². The maximum absolute atomic E-state index is 12.9. The molecule has 29 heavy (non-hydrogen) atoms. The molecular formula is C24H27I2NO2. The standard InChI is InChI=1S/C24H27I2NO2/c1-14-22-21(16-5-3-15(12-25)4-6-16)20(9-10-24(22,2)23(29)27-14)19-8-7-18(28)11-17(19)13-26/h3-8,11,14,20-22,28H,9-10,12-13H2,1-2H3,(H,27,29)/t14-,20+,21+,22+,24-/m1/s1. The number of halogens is 2. The Labute approximate surface area is 200 Å². The first-order valence-electron chi connectivity index (χ1n) is 10.2. The average molecular weight is 615 g/mol. The maximum Gasteiger partial charge on any atom is 0.226 e. The SMILES string of the molecule is C[C@H]1NC(=O)[C@]2(C)CC[C@@H](c3ccc(O)cc3CI)[C@H](c3ccc(CI)cc3)[C@H]12. The van der Waals surface area contributed by atoms with Crippen molar-refractivity contribution in [1.82, 2.24) is 5.32 Å². The number of carbonyl (C=O) groups is 1. The van der Waals surface area contributed by atoms with Crippen molar-refractivity contribution in [3.63, 3.8) is 0 Å². The van der Waals surface area contributed by atoms with E-state index in [9.17, 15) is 9.90 Å². The van der Waals surface area contributed by atoms with E-state index in [0.717, 1.165) is 21.7 Å². The number of rotatable bonds is 4. The van der Waals surface area contributed by atoms with Gasteiger partial charge in [-0.15, -0.1) is 0 Å². The van der Waals surface area contributed by atoms with Gasteiger partial charge in [-0.25, -0.2) is 0 Å². The summed E-state index contributed by atoms with van der Waals surface area (Å²) in [7, 11) is 0. The fourth-order valence-electron chi connectivity index (χ4n) is 5.72. The molecule has 0 radical (unpaired) electrons. The Morgan fingerprint density at radius 1 is 1.14 bits per heavy atom. The first-order chi connectivity index (χ1) is 13.9. The number of benzene rings is 2. The van der Waals surface area contributed by atoms with Crippen molar-refractivity contribution in [2.24, 2.45) is 11.3 Å². The molecule has 1 aliphatic carbocycles. The molecule has 5 heteroatoms. The Balaban J connectivity index is 1.85. The predicted octanol–water partition coefficient (Wildman–Crippen LogP) is 6.06. The summed E-state index contributed by atoms with van der Waals surface area (Å²) in [6, 6.07) is 15.0. The minimum atomic E-state index is -0.316. The smallest absolute Gasteiger partial charge is 0.226 e. The van der Waals surface area contributed by atoms with Crippen molar-refractivity contribution in [2.45, 2.75) is 53.4 Å². The molecule has 5 atom stereocenters. The second-order valence-electron chi connectivity index (χ2n) is 8.77. The number of amides is 1. The largest absolute Gasteiger partial charge is 0.508 e. The summed E-state index contributed by atoms with van der Waals surface area (Å²) in [6.07, 6.45) is 1.89. The van der Waals surface area contributed by atoms with Gasteiger partial charge in [-0.3, -0.25) is 4.79 Å². The molecule has 4 rings (SSSR count). The molecule has 0 unspecified atom stereocenters. The van der Waals surface area contributed by atoms with Crippen LogP contribution in [-0.4, -0.2) is 17.1 Å². The number of carbonyl (C=O) groups excluding carboxylic acids is 1. The van der Waals surface area contributed by atoms with Crippen LogP contribution in [0.2, 0.25) is 0 Å². The molecule has 1 aliphatic heterocycles. The molecule has 2 aromatic carbocycles. The Morgan fingerprint density at radius 3 is 2.52 bits per heavy atom. The summed E-state index contributed by atoms with van der Waals surface area (Å²) >= 11 is 4.78. The summed E-state index contributed by atoms with van der Waals surface area (Å²) in [5.41, 5.74) is 4.88. The van der Waals surface area contributed by atoms with E-state index >= 15 is 0 Å². The molecule has 0 spiro atoms. The Morgan fingerprint density at radius 2 is 1.86 bits per heavy atom. The minimum Gasteiger partial charge on any atom is -0.508 e. The summed E-state index contributed by atoms with van der Waals surface area (Å²) < 4.78 is 1.87. The molecule has 1 heterocycles. The lowest BCUT2D eigenvalue weighted by Crippen LogP contribution is -2.42. The van der Waals surface area contributed by atoms with Crippen molar-refractivity contribution < 1.29 is 9.90 Å². The summed E-state index contributed by atoms with van der Waals surface area (Å²) in [4.78, 5) is 12.9. The van der Waals surface area contributed by atoms with Crippen molar-refractivity contribution in [2.75, 3.05) is 0 Å². The van der Waals surface area contributed by atoms with Gasteiger partial charge in [-0.2, -0.15) is 0 Å². The van der Waals surface area contributed by atoms with Crippen molar-refractivity contribution in [3.8, 4) is 5.75 Å². The summed E-state index contributed by atoms with van der Waals surface area (Å²) in [6.45, 7) is 4.33. The second-order valence-corrected chi connectivity index (χ2v) is 10.3. The Hall–Kier alpha value is -0.830. The number of aromatic hydroxyl groups is 1. The van der Waals surface area contributed by atoms with Crippen LogP contribution in [0, 0.1) is 11.3 Å². The van der Waals surface area contributed by atoms with Gasteiger partial charge in [0.05, 0.1) is 5.41 Å². The van der Waals surface area contributed by atoms with Crippen LogP contribution in [0.4, 0.5) is 0 Å². The third-order valence-electron chi connectivity index (χ3n) is 7.14. The van der Waals surface area contributed by atoms with Crippen molar-refractivity contribution >= 4 is 51.1 Å². The molecule has 3 nitrogen and oxygen atoms in total. The summed E-state index contributed by atoms with van der Waals surface area (Å²) in [5, 5.41) is 13.3. The van der Waals surface area contributed by atoms with E-state index in [2.05, 4.69) is 94.7 Å². The molecule has 2 fully saturated rings. The monoisotopic (exact) mass is 615 g/mol. The molecule has 0 bridgehead atoms. The average Bonchev–Trinajstić information content (AvgIpc) is 2.96. The summed E-state index contributed by atoms with van der Waals surface area (Å²) in [5.74, 6) is 1.42. The minimum absolute atomic E-state index is 0.157. The number of hydrogen-bond acceptors (Lipinski definition) is 2. The first kappa shape index (κ1) is 21.4. The van der Waals surface area contributed by atoms with Crippen LogP contribution in [0.25, 0.3) is 0 Å². The van der Waals surface area contributed by atoms with Crippen LogP contribution < -0.4 is 5.32 Å². The lowest BCUT2D eigenvalue weighted by molar-refractivity contribution is -0.129. The number of phenolic OH excluding ortho intramolecular Hbond substituents is 1. The zero-order chi connectivity index (χ0) is 20.8. The van der Waals surface area contributed by atoms with Gasteiger partial charge in [0.25, 0.3) is 0 Å². The molecule has 0 aromatic heterocycles. The Kier molecular flexibility index (Phi) is 6.17. The molecule has 2 aromatic rings. The number of phenols is 1. The van der Waals surface area contributed by atoms with Gasteiger partial charge in [-0.1, -0.05) is 82.4 Å². The number of hydrogen-bond donors (Lipinski definition) is 2. The number of alkyl halides is 2. The van der Waals surface area contributed by atoms with E-state index < -0.39 is 0 Å². The quantitative estimate of drug-likeness (QED) is 0.325. The van der Waals surface area contributed by atoms with Crippen molar-refractivity contribution in [1.29, 1.82) is 0 Å². The lowest BCUT2D eigenvalue weighted by Gasteiger charge is -2.46. The van der Waals surface area contributed by atoms with Crippen LogP contribution in [0.3, 0.4) is 0 Å². The van der Waals surface area contributed by atoms with Crippen molar-refractivity contribution in [3.05, 3.63) is 64.7 Å². The maximum atomic E-state index is 12.9. The van der Waals surface area contributed by atoms with Gasteiger partial charge < -0.3 is 10.4 Å². The molecule has 154 valence electrons. The first-order valence-corrected chi connectivity index (χ1v) is 13.3. The van der Waals surface area contributed by atoms with E-state index in [1.165, 1.54) is 22.3 Å². The van der Waals surface area contributed by atoms with Gasteiger partial charge in [0.1, 0.15) is 5.75 Å². The lowest BCUT2D eigenvalue weighted by atomic mass is 9.55. The van der Waals surface area contributed by atoms with E-state index in [1.54, 1.807) is 0 Å². The Bertz CT molecular complexity index is 914.